The number of anilines is 1. The molecule has 104 valence electrons. The van der Waals surface area contributed by atoms with Crippen LogP contribution >= 0.6 is 11.8 Å². The first kappa shape index (κ1) is 14.3. The molecule has 2 rings (SSSR count). The fraction of sp³-hybridized carbons (Fsp3) is 0.231. The van der Waals surface area contributed by atoms with E-state index in [2.05, 4.69) is 15.3 Å². The zero-order valence-electron chi connectivity index (χ0n) is 11.2. The summed E-state index contributed by atoms with van der Waals surface area (Å²) in [7, 11) is 0. The Bertz CT molecular complexity index is 616. The minimum atomic E-state index is -0.380. The van der Waals surface area contributed by atoms with E-state index in [0.29, 0.717) is 22.3 Å². The number of nitro benzene ring substituents is 1. The highest BCUT2D eigenvalue weighted by Crippen LogP contribution is 2.37. The minimum Gasteiger partial charge on any atom is -0.380 e. The topological polar surface area (TPSA) is 81.0 Å². The van der Waals surface area contributed by atoms with E-state index < -0.39 is 0 Å². The molecule has 0 saturated carbocycles. The largest absolute Gasteiger partial charge is 0.380 e. The lowest BCUT2D eigenvalue weighted by Crippen LogP contribution is -2.02. The molecule has 6 nitrogen and oxygen atoms in total. The molecular formula is C13H14N4O2S. The summed E-state index contributed by atoms with van der Waals surface area (Å²) < 4.78 is 0. The lowest BCUT2D eigenvalue weighted by atomic mass is 10.2. The van der Waals surface area contributed by atoms with Crippen molar-refractivity contribution in [2.24, 2.45) is 0 Å². The number of aryl methyl sites for hydroxylation is 1. The van der Waals surface area contributed by atoms with E-state index in [1.54, 1.807) is 30.6 Å². The van der Waals surface area contributed by atoms with Crippen LogP contribution in [0.2, 0.25) is 0 Å². The number of hydrogen-bond donors (Lipinski definition) is 1. The van der Waals surface area contributed by atoms with Gasteiger partial charge in [-0.15, -0.1) is 0 Å². The number of benzene rings is 1. The van der Waals surface area contributed by atoms with Crippen LogP contribution in [0, 0.1) is 17.0 Å². The first-order valence-electron chi connectivity index (χ1n) is 6.09. The zero-order valence-corrected chi connectivity index (χ0v) is 12.0. The summed E-state index contributed by atoms with van der Waals surface area (Å²) in [6.07, 6.45) is 3.38. The van der Waals surface area contributed by atoms with Crippen molar-refractivity contribution < 1.29 is 4.92 Å². The van der Waals surface area contributed by atoms with Gasteiger partial charge in [0, 0.05) is 18.9 Å². The number of aromatic nitrogens is 2. The fourth-order valence-corrected chi connectivity index (χ4v) is 2.49. The van der Waals surface area contributed by atoms with E-state index >= 15 is 0 Å². The lowest BCUT2D eigenvalue weighted by molar-refractivity contribution is -0.386. The molecule has 1 aromatic carbocycles. The molecule has 2 aromatic rings. The van der Waals surface area contributed by atoms with Gasteiger partial charge in [-0.25, -0.2) is 9.97 Å². The molecule has 0 spiro atoms. The first-order chi connectivity index (χ1) is 9.61. The Morgan fingerprint density at radius 3 is 2.65 bits per heavy atom. The van der Waals surface area contributed by atoms with Crippen LogP contribution in [0.3, 0.4) is 0 Å². The quantitative estimate of drug-likeness (QED) is 0.517. The molecule has 0 fully saturated rings. The van der Waals surface area contributed by atoms with Crippen LogP contribution < -0.4 is 5.32 Å². The van der Waals surface area contributed by atoms with Gasteiger partial charge in [0.1, 0.15) is 5.69 Å². The van der Waals surface area contributed by atoms with Gasteiger partial charge in [-0.05, 0) is 43.3 Å². The van der Waals surface area contributed by atoms with E-state index in [9.17, 15) is 10.1 Å². The average Bonchev–Trinajstić information content (AvgIpc) is 2.41. The minimum absolute atomic E-state index is 0.0588. The normalized spacial score (nSPS) is 10.3. The highest BCUT2D eigenvalue weighted by Gasteiger charge is 2.20. The number of nitrogens with one attached hydrogen (secondary N) is 1. The first-order valence-corrected chi connectivity index (χ1v) is 6.91. The van der Waals surface area contributed by atoms with Crippen LogP contribution in [0.4, 0.5) is 11.4 Å². The van der Waals surface area contributed by atoms with Gasteiger partial charge in [-0.3, -0.25) is 10.1 Å². The molecule has 0 bridgehead atoms. The van der Waals surface area contributed by atoms with Crippen molar-refractivity contribution in [3.8, 4) is 0 Å². The Hall–Kier alpha value is -2.15. The van der Waals surface area contributed by atoms with Crippen LogP contribution in [-0.4, -0.2) is 21.4 Å². The third-order valence-electron chi connectivity index (χ3n) is 2.51. The van der Waals surface area contributed by atoms with Crippen molar-refractivity contribution in [2.45, 2.75) is 23.9 Å². The van der Waals surface area contributed by atoms with Gasteiger partial charge >= 0.3 is 5.69 Å². The van der Waals surface area contributed by atoms with Gasteiger partial charge in [0.15, 0.2) is 5.16 Å². The van der Waals surface area contributed by atoms with Gasteiger partial charge in [0.2, 0.25) is 0 Å². The third kappa shape index (κ3) is 3.24. The predicted octanol–water partition coefficient (Wildman–Crippen LogP) is 3.28. The van der Waals surface area contributed by atoms with Gasteiger partial charge in [-0.2, -0.15) is 0 Å². The van der Waals surface area contributed by atoms with Crippen LogP contribution in [0.5, 0.6) is 0 Å². The number of rotatable bonds is 5. The van der Waals surface area contributed by atoms with Crippen molar-refractivity contribution in [1.29, 1.82) is 0 Å². The molecule has 0 saturated heterocycles. The highest BCUT2D eigenvalue weighted by atomic mass is 32.2. The standard InChI is InChI=1S/C13H14N4O2S/c1-3-14-10-5-4-6-11(12(10)17(18)19)20-13-15-7-9(2)8-16-13/h4-8,14H,3H2,1-2H3. The molecule has 0 unspecified atom stereocenters. The maximum Gasteiger partial charge on any atom is 0.306 e. The molecule has 0 aliphatic heterocycles. The summed E-state index contributed by atoms with van der Waals surface area (Å²) >= 11 is 1.19. The molecule has 1 aromatic heterocycles. The molecule has 0 aliphatic carbocycles. The SMILES string of the molecule is CCNc1cccc(Sc2ncc(C)cn2)c1[N+](=O)[O-]. The predicted molar refractivity (Wildman–Crippen MR) is 78.2 cm³/mol. The molecule has 0 radical (unpaired) electrons. The van der Waals surface area contributed by atoms with Gasteiger partial charge in [-0.1, -0.05) is 6.07 Å². The second kappa shape index (κ2) is 6.33. The van der Waals surface area contributed by atoms with E-state index in [1.807, 2.05) is 13.8 Å². The molecule has 7 heteroatoms. The summed E-state index contributed by atoms with van der Waals surface area (Å²) in [4.78, 5) is 19.7. The summed E-state index contributed by atoms with van der Waals surface area (Å²) in [5.74, 6) is 0. The molecule has 0 amide bonds. The fourth-order valence-electron chi connectivity index (χ4n) is 1.66. The van der Waals surface area contributed by atoms with Crippen LogP contribution in [-0.2, 0) is 0 Å². The number of nitro groups is 1. The molecule has 0 atom stereocenters. The smallest absolute Gasteiger partial charge is 0.306 e. The maximum atomic E-state index is 11.3. The Kier molecular flexibility index (Phi) is 4.52. The number of hydrogen-bond acceptors (Lipinski definition) is 6. The number of para-hydroxylation sites is 1. The van der Waals surface area contributed by atoms with Gasteiger partial charge < -0.3 is 5.32 Å². The van der Waals surface area contributed by atoms with Crippen molar-refractivity contribution in [2.75, 3.05) is 11.9 Å². The van der Waals surface area contributed by atoms with E-state index in [0.717, 1.165) is 5.56 Å². The van der Waals surface area contributed by atoms with Crippen molar-refractivity contribution in [3.05, 3.63) is 46.3 Å². The third-order valence-corrected chi connectivity index (χ3v) is 3.45. The molecule has 0 aliphatic rings. The Balaban J connectivity index is 2.37. The van der Waals surface area contributed by atoms with Crippen LogP contribution in [0.25, 0.3) is 0 Å². The summed E-state index contributed by atoms with van der Waals surface area (Å²) in [6, 6.07) is 5.18. The summed E-state index contributed by atoms with van der Waals surface area (Å²) in [6.45, 7) is 4.41. The van der Waals surface area contributed by atoms with E-state index in [1.165, 1.54) is 11.8 Å². The summed E-state index contributed by atoms with van der Waals surface area (Å²) in [5, 5.41) is 14.8. The van der Waals surface area contributed by atoms with Gasteiger partial charge in [0.05, 0.1) is 9.82 Å². The molecular weight excluding hydrogens is 276 g/mol. The number of nitrogens with zero attached hydrogens (tertiary/aromatic N) is 3. The van der Waals surface area contributed by atoms with Crippen LogP contribution in [0.15, 0.2) is 40.6 Å². The summed E-state index contributed by atoms with van der Waals surface area (Å²) in [5.41, 5.74) is 1.52. The van der Waals surface area contributed by atoms with Crippen molar-refractivity contribution >= 4 is 23.1 Å². The maximum absolute atomic E-state index is 11.3. The Morgan fingerprint density at radius 2 is 2.05 bits per heavy atom. The Labute approximate surface area is 120 Å². The Morgan fingerprint density at radius 1 is 1.35 bits per heavy atom. The second-order valence-electron chi connectivity index (χ2n) is 4.08. The zero-order chi connectivity index (χ0) is 14.5. The monoisotopic (exact) mass is 290 g/mol. The molecule has 20 heavy (non-hydrogen) atoms. The van der Waals surface area contributed by atoms with Gasteiger partial charge in [0.25, 0.3) is 0 Å². The highest BCUT2D eigenvalue weighted by molar-refractivity contribution is 7.99. The molecule has 1 N–H and O–H groups in total. The van der Waals surface area contributed by atoms with Crippen molar-refractivity contribution in [1.82, 2.24) is 9.97 Å². The van der Waals surface area contributed by atoms with Crippen molar-refractivity contribution in [3.63, 3.8) is 0 Å². The molecule has 1 heterocycles. The van der Waals surface area contributed by atoms with Crippen LogP contribution in [0.1, 0.15) is 12.5 Å². The lowest BCUT2D eigenvalue weighted by Gasteiger charge is -2.07. The second-order valence-corrected chi connectivity index (χ2v) is 5.09. The van der Waals surface area contributed by atoms with E-state index in [-0.39, 0.29) is 10.6 Å². The van der Waals surface area contributed by atoms with E-state index in [4.69, 9.17) is 0 Å². The average molecular weight is 290 g/mol.